The maximum Gasteiger partial charge on any atom is 0.242 e. The molecule has 1 unspecified atom stereocenters. The second-order valence-corrected chi connectivity index (χ2v) is 5.57. The van der Waals surface area contributed by atoms with Crippen LogP contribution in [0.4, 0.5) is 0 Å². The van der Waals surface area contributed by atoms with E-state index in [1.165, 1.54) is 0 Å². The summed E-state index contributed by atoms with van der Waals surface area (Å²) in [7, 11) is 1.60. The molecule has 108 valence electrons. The highest BCUT2D eigenvalue weighted by molar-refractivity contribution is 6.42. The fourth-order valence-corrected chi connectivity index (χ4v) is 2.64. The summed E-state index contributed by atoms with van der Waals surface area (Å²) in [6.45, 7) is 1.81. The summed E-state index contributed by atoms with van der Waals surface area (Å²) in [6, 6.07) is 3.02. The number of hydrogen-bond donors (Lipinski definition) is 1. The van der Waals surface area contributed by atoms with Gasteiger partial charge in [-0.15, -0.1) is 11.6 Å². The molecule has 0 spiro atoms. The molecule has 0 aliphatic heterocycles. The van der Waals surface area contributed by atoms with E-state index in [9.17, 15) is 4.79 Å². The highest BCUT2D eigenvalue weighted by Crippen LogP contribution is 2.30. The van der Waals surface area contributed by atoms with E-state index >= 15 is 0 Å². The Morgan fingerprint density at radius 2 is 2.05 bits per heavy atom. The number of fused-ring (bicyclic) bond motifs is 1. The summed E-state index contributed by atoms with van der Waals surface area (Å²) in [5.41, 5.74) is 1.48. The largest absolute Gasteiger partial charge is 0.357 e. The number of alkyl halides is 1. The summed E-state index contributed by atoms with van der Waals surface area (Å²) >= 11 is 17.9. The third-order valence-electron chi connectivity index (χ3n) is 3.14. The van der Waals surface area contributed by atoms with E-state index in [1.807, 2.05) is 4.57 Å². The number of likely N-dealkylation sites (N-methyl/N-ethyl adjacent to an activating group) is 1. The van der Waals surface area contributed by atoms with Crippen LogP contribution in [-0.4, -0.2) is 28.4 Å². The molecule has 0 aliphatic carbocycles. The molecule has 2 aromatic rings. The Bertz CT molecular complexity index is 654. The van der Waals surface area contributed by atoms with Crippen LogP contribution in [0.1, 0.15) is 18.8 Å². The molecule has 0 bridgehead atoms. The van der Waals surface area contributed by atoms with E-state index < -0.39 is 6.04 Å². The minimum Gasteiger partial charge on any atom is -0.357 e. The Morgan fingerprint density at radius 1 is 1.40 bits per heavy atom. The zero-order valence-corrected chi connectivity index (χ0v) is 13.4. The number of halogens is 3. The highest BCUT2D eigenvalue weighted by atomic mass is 35.5. The van der Waals surface area contributed by atoms with Gasteiger partial charge in [-0.2, -0.15) is 0 Å². The second kappa shape index (κ2) is 6.20. The van der Waals surface area contributed by atoms with Crippen LogP contribution < -0.4 is 5.32 Å². The van der Waals surface area contributed by atoms with E-state index in [1.54, 1.807) is 26.1 Å². The van der Waals surface area contributed by atoms with Crippen molar-refractivity contribution < 1.29 is 4.79 Å². The van der Waals surface area contributed by atoms with E-state index in [0.717, 1.165) is 11.3 Å². The second-order valence-electron chi connectivity index (χ2n) is 4.38. The molecule has 1 atom stereocenters. The maximum absolute atomic E-state index is 11.9. The molecule has 4 nitrogen and oxygen atoms in total. The lowest BCUT2D eigenvalue weighted by molar-refractivity contribution is -0.123. The van der Waals surface area contributed by atoms with Gasteiger partial charge in [-0.3, -0.25) is 4.79 Å². The first kappa shape index (κ1) is 15.4. The minimum absolute atomic E-state index is 0.105. The topological polar surface area (TPSA) is 46.9 Å². The van der Waals surface area contributed by atoms with Crippen molar-refractivity contribution in [3.05, 3.63) is 28.0 Å². The van der Waals surface area contributed by atoms with Gasteiger partial charge in [-0.1, -0.05) is 23.2 Å². The average Bonchev–Trinajstić information content (AvgIpc) is 2.75. The van der Waals surface area contributed by atoms with Gasteiger partial charge in [0.15, 0.2) is 0 Å². The first-order valence-corrected chi connectivity index (χ1v) is 7.42. The van der Waals surface area contributed by atoms with Gasteiger partial charge in [0.05, 0.1) is 21.1 Å². The van der Waals surface area contributed by atoms with Crippen LogP contribution in [0.3, 0.4) is 0 Å². The number of aromatic nitrogens is 2. The molecule has 1 aromatic heterocycles. The molecule has 0 aliphatic rings. The van der Waals surface area contributed by atoms with Crippen LogP contribution in [0.5, 0.6) is 0 Å². The molecule has 0 saturated carbocycles. The molecule has 2 rings (SSSR count). The van der Waals surface area contributed by atoms with Crippen molar-refractivity contribution in [2.45, 2.75) is 19.4 Å². The van der Waals surface area contributed by atoms with Crippen molar-refractivity contribution >= 4 is 51.7 Å². The summed E-state index contributed by atoms with van der Waals surface area (Å²) in [6.07, 6.45) is 0.562. The lowest BCUT2D eigenvalue weighted by Crippen LogP contribution is -2.28. The smallest absolute Gasteiger partial charge is 0.242 e. The monoisotopic (exact) mass is 333 g/mol. The van der Waals surface area contributed by atoms with Crippen molar-refractivity contribution in [1.82, 2.24) is 14.9 Å². The summed E-state index contributed by atoms with van der Waals surface area (Å²) < 4.78 is 1.85. The highest BCUT2D eigenvalue weighted by Gasteiger charge is 2.21. The van der Waals surface area contributed by atoms with Gasteiger partial charge in [-0.05, 0) is 19.1 Å². The Kier molecular flexibility index (Phi) is 4.78. The molecule has 7 heteroatoms. The summed E-state index contributed by atoms with van der Waals surface area (Å²) in [5.74, 6) is 1.06. The minimum atomic E-state index is -0.402. The molecule has 1 aromatic carbocycles. The molecular weight excluding hydrogens is 321 g/mol. The molecule has 20 heavy (non-hydrogen) atoms. The number of carbonyl (C=O) groups excluding carboxylic acids is 1. The standard InChI is InChI=1S/C13H14Cl3N3O/c1-7(13(20)17-2)19-11-6-9(16)8(15)5-10(11)18-12(19)3-4-14/h5-7H,3-4H2,1-2H3,(H,17,20). The van der Waals surface area contributed by atoms with Gasteiger partial charge in [0.2, 0.25) is 5.91 Å². The molecule has 0 saturated heterocycles. The molecule has 1 amide bonds. The fraction of sp³-hybridized carbons (Fsp3) is 0.385. The van der Waals surface area contributed by atoms with Gasteiger partial charge in [0.25, 0.3) is 0 Å². The number of hydrogen-bond acceptors (Lipinski definition) is 2. The SMILES string of the molecule is CNC(=O)C(C)n1c(CCCl)nc2cc(Cl)c(Cl)cc21. The van der Waals surface area contributed by atoms with Gasteiger partial charge >= 0.3 is 0 Å². The summed E-state index contributed by atoms with van der Waals surface area (Å²) in [4.78, 5) is 16.4. The zero-order valence-electron chi connectivity index (χ0n) is 11.1. The quantitative estimate of drug-likeness (QED) is 0.871. The average molecular weight is 335 g/mol. The van der Waals surface area contributed by atoms with Crippen LogP contribution in [0.15, 0.2) is 12.1 Å². The van der Waals surface area contributed by atoms with Gasteiger partial charge in [-0.25, -0.2) is 4.98 Å². The first-order valence-electron chi connectivity index (χ1n) is 6.13. The van der Waals surface area contributed by atoms with Crippen LogP contribution in [0, 0.1) is 0 Å². The third-order valence-corrected chi connectivity index (χ3v) is 4.05. The molecule has 1 heterocycles. The number of nitrogens with zero attached hydrogens (tertiary/aromatic N) is 2. The Hall–Kier alpha value is -0.970. The van der Waals surface area contributed by atoms with Gasteiger partial charge < -0.3 is 9.88 Å². The van der Waals surface area contributed by atoms with Crippen LogP contribution in [0.2, 0.25) is 10.0 Å². The number of imidazole rings is 1. The predicted molar refractivity (Wildman–Crippen MR) is 83.0 cm³/mol. The zero-order chi connectivity index (χ0) is 14.9. The molecule has 0 radical (unpaired) electrons. The number of rotatable bonds is 4. The van der Waals surface area contributed by atoms with Crippen molar-refractivity contribution in [3.63, 3.8) is 0 Å². The van der Waals surface area contributed by atoms with E-state index in [4.69, 9.17) is 34.8 Å². The molecule has 1 N–H and O–H groups in total. The number of benzene rings is 1. The number of nitrogens with one attached hydrogen (secondary N) is 1. The predicted octanol–water partition coefficient (Wildman–Crippen LogP) is 3.43. The fourth-order valence-electron chi connectivity index (χ4n) is 2.16. The summed E-state index contributed by atoms with van der Waals surface area (Å²) in [5, 5.41) is 3.50. The number of aryl methyl sites for hydroxylation is 1. The Balaban J connectivity index is 2.67. The molecular formula is C13H14Cl3N3O. The van der Waals surface area contributed by atoms with Crippen molar-refractivity contribution in [2.75, 3.05) is 12.9 Å². The van der Waals surface area contributed by atoms with Gasteiger partial charge in [0, 0.05) is 19.3 Å². The van der Waals surface area contributed by atoms with Crippen molar-refractivity contribution in [2.24, 2.45) is 0 Å². The van der Waals surface area contributed by atoms with Crippen LogP contribution in [0.25, 0.3) is 11.0 Å². The van der Waals surface area contributed by atoms with Crippen molar-refractivity contribution in [1.29, 1.82) is 0 Å². The van der Waals surface area contributed by atoms with E-state index in [-0.39, 0.29) is 5.91 Å². The lowest BCUT2D eigenvalue weighted by atomic mass is 10.2. The van der Waals surface area contributed by atoms with Crippen molar-refractivity contribution in [3.8, 4) is 0 Å². The van der Waals surface area contributed by atoms with Crippen LogP contribution in [-0.2, 0) is 11.2 Å². The maximum atomic E-state index is 11.9. The Morgan fingerprint density at radius 3 is 2.65 bits per heavy atom. The van der Waals surface area contributed by atoms with E-state index in [0.29, 0.717) is 27.9 Å². The Labute approximate surface area is 132 Å². The molecule has 0 fully saturated rings. The third kappa shape index (κ3) is 2.73. The van der Waals surface area contributed by atoms with Crippen LogP contribution >= 0.6 is 34.8 Å². The number of amides is 1. The first-order chi connectivity index (χ1) is 9.49. The number of carbonyl (C=O) groups is 1. The lowest BCUT2D eigenvalue weighted by Gasteiger charge is -2.16. The normalized spacial score (nSPS) is 12.7. The van der Waals surface area contributed by atoms with Gasteiger partial charge in [0.1, 0.15) is 11.9 Å². The van der Waals surface area contributed by atoms with E-state index in [2.05, 4.69) is 10.3 Å².